The number of halogens is 3. The van der Waals surface area contributed by atoms with Crippen LogP contribution < -0.4 is 10.6 Å². The number of carbonyl (C=O) groups excluding carboxylic acids is 1. The zero-order valence-corrected chi connectivity index (χ0v) is 13.0. The van der Waals surface area contributed by atoms with Crippen LogP contribution in [-0.2, 0) is 4.79 Å². The predicted octanol–water partition coefficient (Wildman–Crippen LogP) is 2.16. The molecule has 0 bridgehead atoms. The second-order valence-corrected chi connectivity index (χ2v) is 5.62. The Hall–Kier alpha value is -2.29. The number of amides is 2. The number of carboxylic acids is 1. The van der Waals surface area contributed by atoms with Crippen molar-refractivity contribution < 1.29 is 27.9 Å². The highest BCUT2D eigenvalue weighted by Gasteiger charge is 2.34. The van der Waals surface area contributed by atoms with Crippen molar-refractivity contribution in [3.8, 4) is 0 Å². The maximum Gasteiger partial charge on any atom is 0.319 e. The normalized spacial score (nSPS) is 19.7. The lowest BCUT2D eigenvalue weighted by Gasteiger charge is -2.42. The van der Waals surface area contributed by atoms with Crippen LogP contribution >= 0.6 is 0 Å². The van der Waals surface area contributed by atoms with E-state index in [2.05, 4.69) is 5.32 Å². The van der Waals surface area contributed by atoms with Crippen molar-refractivity contribution in [1.29, 1.82) is 0 Å². The molecule has 2 amide bonds. The quantitative estimate of drug-likeness (QED) is 0.738. The molecule has 3 N–H and O–H groups in total. The third-order valence-corrected chi connectivity index (χ3v) is 3.95. The summed E-state index contributed by atoms with van der Waals surface area (Å²) in [5.74, 6) is -4.40. The number of rotatable bonds is 6. The van der Waals surface area contributed by atoms with Crippen molar-refractivity contribution in [1.82, 2.24) is 10.2 Å². The lowest BCUT2D eigenvalue weighted by molar-refractivity contribution is -0.139. The van der Waals surface area contributed by atoms with Crippen LogP contribution in [-0.4, -0.2) is 47.2 Å². The average Bonchev–Trinajstić information content (AvgIpc) is 2.44. The molecule has 1 aromatic rings. The number of urea groups is 1. The van der Waals surface area contributed by atoms with Gasteiger partial charge in [-0.1, -0.05) is 6.92 Å². The Morgan fingerprint density at radius 2 is 1.83 bits per heavy atom. The van der Waals surface area contributed by atoms with Crippen LogP contribution in [0.15, 0.2) is 12.1 Å². The van der Waals surface area contributed by atoms with Gasteiger partial charge in [-0.15, -0.1) is 0 Å². The zero-order chi connectivity index (χ0) is 17.9. The third kappa shape index (κ3) is 4.38. The molecule has 0 aromatic heterocycles. The van der Waals surface area contributed by atoms with Crippen molar-refractivity contribution in [3.05, 3.63) is 29.6 Å². The lowest BCUT2D eigenvalue weighted by Crippen LogP contribution is -2.55. The molecule has 24 heavy (non-hydrogen) atoms. The molecule has 1 aromatic carbocycles. The standard InChI is InChI=1S/C15H18F3N3O3/c1-2-21(7-13(22)23)10-5-9(6-10)19-15(24)20-14-11(17)3-8(16)4-12(14)18/h3-4,9-10H,2,5-7H2,1H3,(H,22,23)(H2,19,20,24). The van der Waals surface area contributed by atoms with E-state index in [4.69, 9.17) is 5.11 Å². The Balaban J connectivity index is 1.84. The summed E-state index contributed by atoms with van der Waals surface area (Å²) < 4.78 is 39.7. The van der Waals surface area contributed by atoms with Crippen molar-refractivity contribution in [3.63, 3.8) is 0 Å². The zero-order valence-electron chi connectivity index (χ0n) is 13.0. The molecule has 1 fully saturated rings. The molecule has 0 unspecified atom stereocenters. The second-order valence-electron chi connectivity index (χ2n) is 5.62. The number of anilines is 1. The van der Waals surface area contributed by atoms with E-state index in [9.17, 15) is 22.8 Å². The number of carbonyl (C=O) groups is 2. The molecule has 9 heteroatoms. The Bertz CT molecular complexity index is 613. The third-order valence-electron chi connectivity index (χ3n) is 3.95. The monoisotopic (exact) mass is 345 g/mol. The van der Waals surface area contributed by atoms with Gasteiger partial charge in [-0.05, 0) is 19.4 Å². The molecule has 0 spiro atoms. The van der Waals surface area contributed by atoms with Crippen molar-refractivity contribution in [2.45, 2.75) is 31.8 Å². The van der Waals surface area contributed by atoms with Crippen LogP contribution in [0.4, 0.5) is 23.7 Å². The Morgan fingerprint density at radius 3 is 2.33 bits per heavy atom. The highest BCUT2D eigenvalue weighted by Crippen LogP contribution is 2.26. The fraction of sp³-hybridized carbons (Fsp3) is 0.467. The van der Waals surface area contributed by atoms with Crippen molar-refractivity contribution in [2.75, 3.05) is 18.4 Å². The highest BCUT2D eigenvalue weighted by molar-refractivity contribution is 5.89. The number of hydrogen-bond donors (Lipinski definition) is 3. The van der Waals surface area contributed by atoms with Crippen LogP contribution in [0, 0.1) is 17.5 Å². The molecule has 2 rings (SSSR count). The highest BCUT2D eigenvalue weighted by atomic mass is 19.1. The largest absolute Gasteiger partial charge is 0.480 e. The smallest absolute Gasteiger partial charge is 0.319 e. The van der Waals surface area contributed by atoms with Gasteiger partial charge in [0.25, 0.3) is 0 Å². The summed E-state index contributed by atoms with van der Waals surface area (Å²) in [6.45, 7) is 2.34. The Kier molecular flexibility index (Phi) is 5.66. The van der Waals surface area contributed by atoms with E-state index in [1.165, 1.54) is 0 Å². The van der Waals surface area contributed by atoms with Gasteiger partial charge >= 0.3 is 12.0 Å². The van der Waals surface area contributed by atoms with Crippen LogP contribution in [0.3, 0.4) is 0 Å². The van der Waals surface area contributed by atoms with Crippen molar-refractivity contribution in [2.24, 2.45) is 0 Å². The predicted molar refractivity (Wildman–Crippen MR) is 80.2 cm³/mol. The number of benzene rings is 1. The first kappa shape index (κ1) is 18.1. The van der Waals surface area contributed by atoms with Crippen molar-refractivity contribution >= 4 is 17.7 Å². The molecule has 1 saturated carbocycles. The Morgan fingerprint density at radius 1 is 1.25 bits per heavy atom. The summed E-state index contributed by atoms with van der Waals surface area (Å²) in [6.07, 6.45) is 1.09. The van der Waals surface area contributed by atoms with Crippen LogP contribution in [0.2, 0.25) is 0 Å². The fourth-order valence-corrected chi connectivity index (χ4v) is 2.67. The van der Waals surface area contributed by atoms with Crippen LogP contribution in [0.5, 0.6) is 0 Å². The van der Waals surface area contributed by atoms with Gasteiger partial charge < -0.3 is 15.7 Å². The summed E-state index contributed by atoms with van der Waals surface area (Å²) in [5, 5.41) is 13.4. The molecule has 0 atom stereocenters. The maximum atomic E-state index is 13.5. The van der Waals surface area contributed by atoms with Crippen LogP contribution in [0.25, 0.3) is 0 Å². The molecule has 0 aliphatic heterocycles. The molecule has 0 saturated heterocycles. The van der Waals surface area contributed by atoms with E-state index >= 15 is 0 Å². The van der Waals surface area contributed by atoms with Gasteiger partial charge in [-0.25, -0.2) is 18.0 Å². The molecule has 6 nitrogen and oxygen atoms in total. The molecule has 0 radical (unpaired) electrons. The minimum absolute atomic E-state index is 0.0377. The van der Waals surface area contributed by atoms with Gasteiger partial charge in [-0.2, -0.15) is 0 Å². The number of nitrogens with one attached hydrogen (secondary N) is 2. The lowest BCUT2D eigenvalue weighted by atomic mass is 9.85. The van der Waals surface area contributed by atoms with Gasteiger partial charge in [0.15, 0.2) is 11.6 Å². The molecule has 0 heterocycles. The first-order chi connectivity index (χ1) is 11.3. The van der Waals surface area contributed by atoms with Gasteiger partial charge in [0, 0.05) is 24.2 Å². The molecular formula is C15H18F3N3O3. The molecule has 1 aliphatic rings. The van der Waals surface area contributed by atoms with E-state index < -0.39 is 35.1 Å². The maximum absolute atomic E-state index is 13.5. The van der Waals surface area contributed by atoms with Gasteiger partial charge in [0.2, 0.25) is 0 Å². The van der Waals surface area contributed by atoms with Gasteiger partial charge in [0.1, 0.15) is 11.5 Å². The summed E-state index contributed by atoms with van der Waals surface area (Å²) in [4.78, 5) is 24.3. The summed E-state index contributed by atoms with van der Waals surface area (Å²) in [7, 11) is 0. The second kappa shape index (κ2) is 7.52. The van der Waals surface area contributed by atoms with E-state index in [0.717, 1.165) is 0 Å². The van der Waals surface area contributed by atoms with E-state index in [1.54, 1.807) is 4.90 Å². The number of hydrogen-bond acceptors (Lipinski definition) is 3. The first-order valence-electron chi connectivity index (χ1n) is 7.48. The van der Waals surface area contributed by atoms with E-state index in [0.29, 0.717) is 31.5 Å². The van der Waals surface area contributed by atoms with E-state index in [1.807, 2.05) is 12.2 Å². The summed E-state index contributed by atoms with van der Waals surface area (Å²) in [6, 6.07) is -0.0316. The molecule has 1 aliphatic carbocycles. The SMILES string of the molecule is CCN(CC(=O)O)C1CC(NC(=O)Nc2c(F)cc(F)cc2F)C1. The topological polar surface area (TPSA) is 81.7 Å². The van der Waals surface area contributed by atoms with Crippen LogP contribution in [0.1, 0.15) is 19.8 Å². The summed E-state index contributed by atoms with van der Waals surface area (Å²) >= 11 is 0. The first-order valence-corrected chi connectivity index (χ1v) is 7.48. The number of nitrogens with zero attached hydrogens (tertiary/aromatic N) is 1. The number of carboxylic acid groups (broad SMARTS) is 1. The molecule has 132 valence electrons. The summed E-state index contributed by atoms with van der Waals surface area (Å²) in [5.41, 5.74) is -0.717. The Labute approximate surface area is 136 Å². The number of aliphatic carboxylic acids is 1. The average molecular weight is 345 g/mol. The minimum Gasteiger partial charge on any atom is -0.480 e. The molecular weight excluding hydrogens is 327 g/mol. The fourth-order valence-electron chi connectivity index (χ4n) is 2.67. The minimum atomic E-state index is -1.20. The number of likely N-dealkylation sites (N-methyl/N-ethyl adjacent to an activating group) is 1. The van der Waals surface area contributed by atoms with Gasteiger partial charge in [-0.3, -0.25) is 9.69 Å². The van der Waals surface area contributed by atoms with E-state index in [-0.39, 0.29) is 18.6 Å². The van der Waals surface area contributed by atoms with Gasteiger partial charge in [0.05, 0.1) is 6.54 Å².